The van der Waals surface area contributed by atoms with E-state index < -0.39 is 5.97 Å². The molecule has 0 bridgehead atoms. The highest BCUT2D eigenvalue weighted by Crippen LogP contribution is 2.38. The maximum atomic E-state index is 10.9. The average molecular weight is 192 g/mol. The van der Waals surface area contributed by atoms with Crippen molar-refractivity contribution in [3.63, 3.8) is 0 Å². The lowest BCUT2D eigenvalue weighted by Gasteiger charge is -2.08. The van der Waals surface area contributed by atoms with Gasteiger partial charge in [-0.1, -0.05) is 12.1 Å². The number of rotatable bonds is 2. The highest BCUT2D eigenvalue weighted by molar-refractivity contribution is 5.78. The lowest BCUT2D eigenvalue weighted by molar-refractivity contribution is -0.138. The Bertz CT molecular complexity index is 371. The van der Waals surface area contributed by atoms with E-state index in [4.69, 9.17) is 9.84 Å². The van der Waals surface area contributed by atoms with Gasteiger partial charge in [0, 0.05) is 0 Å². The largest absolute Gasteiger partial charge is 0.496 e. The predicted molar refractivity (Wildman–Crippen MR) is 51.7 cm³/mol. The molecular formula is C11H12O3. The Labute approximate surface area is 82.3 Å². The van der Waals surface area contributed by atoms with Crippen molar-refractivity contribution >= 4 is 5.97 Å². The molecule has 0 saturated heterocycles. The zero-order valence-corrected chi connectivity index (χ0v) is 7.99. The summed E-state index contributed by atoms with van der Waals surface area (Å²) in [4.78, 5) is 10.9. The minimum Gasteiger partial charge on any atom is -0.496 e. The number of carboxylic acids is 1. The first kappa shape index (κ1) is 9.06. The summed E-state index contributed by atoms with van der Waals surface area (Å²) in [5.74, 6) is -0.275. The summed E-state index contributed by atoms with van der Waals surface area (Å²) < 4.78 is 5.19. The van der Waals surface area contributed by atoms with Gasteiger partial charge in [0.05, 0.1) is 13.0 Å². The van der Waals surface area contributed by atoms with Crippen molar-refractivity contribution in [1.82, 2.24) is 0 Å². The van der Waals surface area contributed by atoms with Crippen LogP contribution in [0.25, 0.3) is 0 Å². The van der Waals surface area contributed by atoms with E-state index in [0.29, 0.717) is 6.42 Å². The van der Waals surface area contributed by atoms with E-state index in [2.05, 4.69) is 0 Å². The maximum Gasteiger partial charge on any atom is 0.310 e. The highest BCUT2D eigenvalue weighted by atomic mass is 16.5. The van der Waals surface area contributed by atoms with Crippen molar-refractivity contribution < 1.29 is 14.6 Å². The monoisotopic (exact) mass is 192 g/mol. The molecule has 0 aromatic heterocycles. The predicted octanol–water partition coefficient (Wildman–Crippen LogP) is 1.81. The molecule has 2 rings (SSSR count). The Morgan fingerprint density at radius 1 is 1.57 bits per heavy atom. The Morgan fingerprint density at radius 2 is 2.36 bits per heavy atom. The molecule has 1 N–H and O–H groups in total. The van der Waals surface area contributed by atoms with Crippen molar-refractivity contribution in [1.29, 1.82) is 0 Å². The van der Waals surface area contributed by atoms with E-state index in [1.54, 1.807) is 7.11 Å². The molecular weight excluding hydrogens is 180 g/mol. The van der Waals surface area contributed by atoms with Crippen LogP contribution in [0.4, 0.5) is 0 Å². The molecule has 1 aliphatic rings. The molecule has 1 aliphatic carbocycles. The topological polar surface area (TPSA) is 46.5 Å². The molecule has 1 atom stereocenters. The summed E-state index contributed by atoms with van der Waals surface area (Å²) in [7, 11) is 1.61. The molecule has 74 valence electrons. The van der Waals surface area contributed by atoms with Crippen molar-refractivity contribution in [2.45, 2.75) is 18.8 Å². The van der Waals surface area contributed by atoms with Crippen LogP contribution in [-0.4, -0.2) is 18.2 Å². The Hall–Kier alpha value is -1.51. The number of hydrogen-bond donors (Lipinski definition) is 1. The molecule has 3 nitrogen and oxygen atoms in total. The summed E-state index contributed by atoms with van der Waals surface area (Å²) in [6.07, 6.45) is 1.49. The lowest BCUT2D eigenvalue weighted by atomic mass is 10.0. The van der Waals surface area contributed by atoms with Crippen LogP contribution in [-0.2, 0) is 11.2 Å². The first-order valence-corrected chi connectivity index (χ1v) is 4.62. The van der Waals surface area contributed by atoms with Gasteiger partial charge in [-0.05, 0) is 30.0 Å². The number of carboxylic acid groups (broad SMARTS) is 1. The maximum absolute atomic E-state index is 10.9. The Kier molecular flexibility index (Phi) is 2.15. The molecule has 3 heteroatoms. The third-order valence-electron chi connectivity index (χ3n) is 2.75. The standard InChI is InChI=1S/C11H12O3/c1-14-10-4-2-3-7-8(10)5-6-9(7)11(12)13/h2-4,9H,5-6H2,1H3,(H,12,13)/t9-/m1/s1. The van der Waals surface area contributed by atoms with Crippen molar-refractivity contribution in [2.75, 3.05) is 7.11 Å². The quantitative estimate of drug-likeness (QED) is 0.777. The minimum atomic E-state index is -0.739. The van der Waals surface area contributed by atoms with E-state index in [9.17, 15) is 4.79 Å². The fraction of sp³-hybridized carbons (Fsp3) is 0.364. The van der Waals surface area contributed by atoms with Crippen LogP contribution in [0.15, 0.2) is 18.2 Å². The van der Waals surface area contributed by atoms with Gasteiger partial charge in [-0.2, -0.15) is 0 Å². The number of benzene rings is 1. The van der Waals surface area contributed by atoms with Gasteiger partial charge in [0.2, 0.25) is 0 Å². The van der Waals surface area contributed by atoms with Crippen LogP contribution in [0.5, 0.6) is 5.75 Å². The smallest absolute Gasteiger partial charge is 0.310 e. The van der Waals surface area contributed by atoms with Crippen LogP contribution in [0, 0.1) is 0 Å². The van der Waals surface area contributed by atoms with Crippen molar-refractivity contribution in [3.05, 3.63) is 29.3 Å². The van der Waals surface area contributed by atoms with Crippen molar-refractivity contribution in [3.8, 4) is 5.75 Å². The minimum absolute atomic E-state index is 0.347. The zero-order valence-electron chi connectivity index (χ0n) is 7.99. The second-order valence-electron chi connectivity index (χ2n) is 3.46. The Morgan fingerprint density at radius 3 is 3.00 bits per heavy atom. The lowest BCUT2D eigenvalue weighted by Crippen LogP contribution is -2.07. The van der Waals surface area contributed by atoms with Gasteiger partial charge in [-0.25, -0.2) is 0 Å². The van der Waals surface area contributed by atoms with E-state index in [1.807, 2.05) is 18.2 Å². The fourth-order valence-electron chi connectivity index (χ4n) is 2.07. The van der Waals surface area contributed by atoms with Gasteiger partial charge < -0.3 is 9.84 Å². The second kappa shape index (κ2) is 3.33. The first-order valence-electron chi connectivity index (χ1n) is 4.62. The summed E-state index contributed by atoms with van der Waals surface area (Å²) in [6.45, 7) is 0. The summed E-state index contributed by atoms with van der Waals surface area (Å²) in [5.41, 5.74) is 1.97. The number of fused-ring (bicyclic) bond motifs is 1. The van der Waals surface area contributed by atoms with Gasteiger partial charge in [-0.3, -0.25) is 4.79 Å². The molecule has 14 heavy (non-hydrogen) atoms. The molecule has 0 saturated carbocycles. The van der Waals surface area contributed by atoms with Crippen molar-refractivity contribution in [2.24, 2.45) is 0 Å². The molecule has 0 spiro atoms. The number of hydrogen-bond acceptors (Lipinski definition) is 2. The van der Waals surface area contributed by atoms with E-state index in [1.165, 1.54) is 0 Å². The first-order chi connectivity index (χ1) is 6.74. The average Bonchev–Trinajstić information content (AvgIpc) is 2.60. The zero-order chi connectivity index (χ0) is 10.1. The van der Waals surface area contributed by atoms with Gasteiger partial charge in [0.1, 0.15) is 5.75 Å². The van der Waals surface area contributed by atoms with Crippen LogP contribution >= 0.6 is 0 Å². The molecule has 0 amide bonds. The number of methoxy groups -OCH3 is 1. The van der Waals surface area contributed by atoms with Gasteiger partial charge in [0.15, 0.2) is 0 Å². The van der Waals surface area contributed by atoms with Crippen LogP contribution < -0.4 is 4.74 Å². The van der Waals surface area contributed by atoms with Gasteiger partial charge in [-0.15, -0.1) is 0 Å². The number of ether oxygens (including phenoxy) is 1. The highest BCUT2D eigenvalue weighted by Gasteiger charge is 2.29. The normalized spacial score (nSPS) is 19.1. The summed E-state index contributed by atoms with van der Waals surface area (Å²) >= 11 is 0. The van der Waals surface area contributed by atoms with E-state index in [0.717, 1.165) is 23.3 Å². The molecule has 1 aromatic carbocycles. The van der Waals surface area contributed by atoms with Gasteiger partial charge in [0.25, 0.3) is 0 Å². The van der Waals surface area contributed by atoms with Crippen LogP contribution in [0.2, 0.25) is 0 Å². The second-order valence-corrected chi connectivity index (χ2v) is 3.46. The van der Waals surface area contributed by atoms with Crippen LogP contribution in [0.1, 0.15) is 23.5 Å². The molecule has 0 aliphatic heterocycles. The summed E-state index contributed by atoms with van der Waals surface area (Å²) in [6, 6.07) is 5.60. The molecule has 1 aromatic rings. The Balaban J connectivity index is 2.46. The molecule has 0 heterocycles. The molecule has 0 radical (unpaired) electrons. The van der Waals surface area contributed by atoms with Gasteiger partial charge >= 0.3 is 5.97 Å². The molecule has 0 unspecified atom stereocenters. The number of carbonyl (C=O) groups is 1. The van der Waals surface area contributed by atoms with Crippen LogP contribution in [0.3, 0.4) is 0 Å². The van der Waals surface area contributed by atoms with E-state index in [-0.39, 0.29) is 5.92 Å². The summed E-state index contributed by atoms with van der Waals surface area (Å²) in [5, 5.41) is 8.98. The fourth-order valence-corrected chi connectivity index (χ4v) is 2.07. The number of aliphatic carboxylic acids is 1. The third-order valence-corrected chi connectivity index (χ3v) is 2.75. The van der Waals surface area contributed by atoms with E-state index >= 15 is 0 Å². The molecule has 0 fully saturated rings. The third kappa shape index (κ3) is 1.25. The SMILES string of the molecule is COc1cccc2c1CC[C@H]2C(=O)O.